The first-order valence-corrected chi connectivity index (χ1v) is 16.7. The smallest absolute Gasteiger partial charge is 0.318 e. The molecule has 2 aromatic carbocycles. The molecule has 4 aliphatic rings. The highest BCUT2D eigenvalue weighted by molar-refractivity contribution is 5.97. The van der Waals surface area contributed by atoms with E-state index >= 15 is 0 Å². The number of nitrogens with zero attached hydrogens (tertiary/aromatic N) is 7. The fraction of sp³-hybridized carbons (Fsp3) is 0.500. The van der Waals surface area contributed by atoms with E-state index in [1.165, 1.54) is 28.4 Å². The number of likely N-dealkylation sites (tertiary alicyclic amines) is 1. The van der Waals surface area contributed by atoms with E-state index in [4.69, 9.17) is 14.7 Å². The Morgan fingerprint density at radius 3 is 2.65 bits per heavy atom. The van der Waals surface area contributed by atoms with Gasteiger partial charge in [0, 0.05) is 54.4 Å². The molecular formula is C36H43N7O3. The van der Waals surface area contributed by atoms with Gasteiger partial charge in [0.25, 0.3) is 0 Å². The summed E-state index contributed by atoms with van der Waals surface area (Å²) in [4.78, 5) is 32.3. The largest absolute Gasteiger partial charge is 0.462 e. The number of nitriles is 1. The second-order valence-electron chi connectivity index (χ2n) is 13.2. The number of hydrogen-bond donors (Lipinski definition) is 1. The van der Waals surface area contributed by atoms with E-state index in [-0.39, 0.29) is 18.4 Å². The Balaban J connectivity index is 1.20. The lowest BCUT2D eigenvalue weighted by Gasteiger charge is -2.42. The van der Waals surface area contributed by atoms with E-state index in [1.54, 1.807) is 6.08 Å². The SMILES string of the molecule is Cc1cccc2cccc(N3CCc4c(nc(OC[C@@H]5CCCN5C)nc4N4CCN(C(=O)C5=CC(O)CC5)[C@@H](CC#N)C4)C3)c12. The van der Waals surface area contributed by atoms with Gasteiger partial charge >= 0.3 is 6.01 Å². The molecule has 1 aliphatic carbocycles. The van der Waals surface area contributed by atoms with Gasteiger partial charge in [-0.3, -0.25) is 4.79 Å². The number of benzene rings is 2. The summed E-state index contributed by atoms with van der Waals surface area (Å²) in [5.41, 5.74) is 5.21. The van der Waals surface area contributed by atoms with Crippen LogP contribution < -0.4 is 14.5 Å². The van der Waals surface area contributed by atoms with E-state index < -0.39 is 6.10 Å². The molecule has 1 unspecified atom stereocenters. The van der Waals surface area contributed by atoms with Gasteiger partial charge in [0.2, 0.25) is 5.91 Å². The van der Waals surface area contributed by atoms with E-state index in [0.717, 1.165) is 43.0 Å². The maximum Gasteiger partial charge on any atom is 0.318 e. The minimum absolute atomic E-state index is 0.0631. The second kappa shape index (κ2) is 12.9. The molecule has 46 heavy (non-hydrogen) atoms. The Kier molecular flexibility index (Phi) is 8.54. The maximum absolute atomic E-state index is 13.5. The summed E-state index contributed by atoms with van der Waals surface area (Å²) in [6.45, 7) is 6.87. The van der Waals surface area contributed by atoms with E-state index in [2.05, 4.69) is 71.1 Å². The van der Waals surface area contributed by atoms with Crippen LogP contribution in [0.4, 0.5) is 11.5 Å². The standard InChI is InChI=1S/C36H43N7O3/c1-24-6-3-7-25-8-4-10-32(33(24)25)41-17-14-30-31(22-41)38-36(46-23-28-9-5-16-40(28)2)39-34(30)42-18-19-43(27(21-42)13-15-37)35(45)26-11-12-29(44)20-26/h3-4,6-8,10,20,27-29,44H,5,9,11-14,16-19,21-23H2,1-2H3/t27-,28-,29?/m0/s1. The summed E-state index contributed by atoms with van der Waals surface area (Å²) < 4.78 is 6.34. The van der Waals surface area contributed by atoms with Gasteiger partial charge < -0.3 is 29.4 Å². The van der Waals surface area contributed by atoms with E-state index in [1.807, 2.05) is 4.90 Å². The summed E-state index contributed by atoms with van der Waals surface area (Å²) in [6, 6.07) is 15.7. The van der Waals surface area contributed by atoms with Gasteiger partial charge in [-0.2, -0.15) is 15.2 Å². The fourth-order valence-corrected chi connectivity index (χ4v) is 7.71. The maximum atomic E-state index is 13.5. The van der Waals surface area contributed by atoms with Gasteiger partial charge in [-0.1, -0.05) is 30.3 Å². The number of likely N-dealkylation sites (N-methyl/N-ethyl adjacent to an activating group) is 1. The molecule has 3 aliphatic heterocycles. The molecule has 0 saturated carbocycles. The van der Waals surface area contributed by atoms with Crippen molar-refractivity contribution in [3.05, 3.63) is 64.9 Å². The van der Waals surface area contributed by atoms with Gasteiger partial charge in [-0.25, -0.2) is 0 Å². The number of aromatic nitrogens is 2. The van der Waals surface area contributed by atoms with Crippen molar-refractivity contribution in [1.82, 2.24) is 19.8 Å². The van der Waals surface area contributed by atoms with Crippen molar-refractivity contribution in [2.75, 3.05) is 56.2 Å². The van der Waals surface area contributed by atoms with Gasteiger partial charge in [0.05, 0.1) is 36.9 Å². The monoisotopic (exact) mass is 621 g/mol. The zero-order valence-electron chi connectivity index (χ0n) is 26.9. The van der Waals surface area contributed by atoms with Crippen molar-refractivity contribution in [3.63, 3.8) is 0 Å². The van der Waals surface area contributed by atoms with Crippen molar-refractivity contribution < 1.29 is 14.6 Å². The highest BCUT2D eigenvalue weighted by Crippen LogP contribution is 2.36. The summed E-state index contributed by atoms with van der Waals surface area (Å²) in [5, 5.41) is 22.2. The number of carbonyl (C=O) groups is 1. The number of rotatable bonds is 7. The molecule has 3 aromatic rings. The molecule has 7 rings (SSSR count). The van der Waals surface area contributed by atoms with Gasteiger partial charge in [0.1, 0.15) is 12.4 Å². The molecule has 1 aromatic heterocycles. The number of hydrogen-bond acceptors (Lipinski definition) is 9. The number of aliphatic hydroxyl groups excluding tert-OH is 1. The molecule has 10 heteroatoms. The lowest BCUT2D eigenvalue weighted by Crippen LogP contribution is -2.56. The van der Waals surface area contributed by atoms with Crippen molar-refractivity contribution >= 4 is 28.2 Å². The molecule has 2 fully saturated rings. The molecule has 1 amide bonds. The Hall–Kier alpha value is -4.20. The van der Waals surface area contributed by atoms with Gasteiger partial charge in [-0.05, 0) is 75.7 Å². The van der Waals surface area contributed by atoms with Crippen LogP contribution in [0.25, 0.3) is 10.8 Å². The number of aliphatic hydroxyl groups is 1. The highest BCUT2D eigenvalue weighted by Gasteiger charge is 2.36. The molecule has 1 N–H and O–H groups in total. The van der Waals surface area contributed by atoms with Crippen LogP contribution in [0.3, 0.4) is 0 Å². The van der Waals surface area contributed by atoms with Crippen molar-refractivity contribution in [1.29, 1.82) is 5.26 Å². The molecular weight excluding hydrogens is 578 g/mol. The number of fused-ring (bicyclic) bond motifs is 2. The average molecular weight is 622 g/mol. The predicted octanol–water partition coefficient (Wildman–Crippen LogP) is 3.99. The molecule has 2 saturated heterocycles. The second-order valence-corrected chi connectivity index (χ2v) is 13.2. The molecule has 4 heterocycles. The summed E-state index contributed by atoms with van der Waals surface area (Å²) >= 11 is 0. The summed E-state index contributed by atoms with van der Waals surface area (Å²) in [7, 11) is 2.14. The van der Waals surface area contributed by atoms with Crippen LogP contribution in [0, 0.1) is 18.3 Å². The number of anilines is 2. The van der Waals surface area contributed by atoms with Crippen LogP contribution >= 0.6 is 0 Å². The molecule has 3 atom stereocenters. The Morgan fingerprint density at radius 1 is 1.04 bits per heavy atom. The topological polar surface area (TPSA) is 109 Å². The number of piperazine rings is 1. The predicted molar refractivity (Wildman–Crippen MR) is 178 cm³/mol. The van der Waals surface area contributed by atoms with Crippen molar-refractivity contribution in [2.24, 2.45) is 0 Å². The summed E-state index contributed by atoms with van der Waals surface area (Å²) in [5.74, 6) is 0.797. The minimum Gasteiger partial charge on any atom is -0.462 e. The highest BCUT2D eigenvalue weighted by atomic mass is 16.5. The third-order valence-electron chi connectivity index (χ3n) is 10.3. The first-order valence-electron chi connectivity index (χ1n) is 16.7. The molecule has 240 valence electrons. The van der Waals surface area contributed by atoms with Gasteiger partial charge in [-0.15, -0.1) is 0 Å². The minimum atomic E-state index is -0.568. The number of amides is 1. The molecule has 10 nitrogen and oxygen atoms in total. The van der Waals surface area contributed by atoms with Crippen molar-refractivity contribution in [3.8, 4) is 12.1 Å². The molecule has 0 bridgehead atoms. The molecule has 0 spiro atoms. The normalized spacial score (nSPS) is 23.4. The van der Waals surface area contributed by atoms with Crippen molar-refractivity contribution in [2.45, 2.75) is 70.2 Å². The lowest BCUT2D eigenvalue weighted by molar-refractivity contribution is -0.129. The van der Waals surface area contributed by atoms with Crippen LogP contribution in [0.2, 0.25) is 0 Å². The summed E-state index contributed by atoms with van der Waals surface area (Å²) in [6.07, 6.45) is 5.53. The van der Waals surface area contributed by atoms with Crippen LogP contribution in [0.5, 0.6) is 6.01 Å². The van der Waals surface area contributed by atoms with Crippen LogP contribution in [0.15, 0.2) is 48.0 Å². The number of carbonyl (C=O) groups excluding carboxylic acids is 1. The van der Waals surface area contributed by atoms with Crippen LogP contribution in [-0.2, 0) is 17.8 Å². The molecule has 0 radical (unpaired) electrons. The Labute approximate surface area is 270 Å². The zero-order chi connectivity index (χ0) is 31.8. The number of ether oxygens (including phenoxy) is 1. The fourth-order valence-electron chi connectivity index (χ4n) is 7.71. The Morgan fingerprint density at radius 2 is 1.89 bits per heavy atom. The van der Waals surface area contributed by atoms with E-state index in [9.17, 15) is 15.2 Å². The first kappa shape index (κ1) is 30.5. The third-order valence-corrected chi connectivity index (χ3v) is 10.3. The van der Waals surface area contributed by atoms with E-state index in [0.29, 0.717) is 63.3 Å². The quantitative estimate of drug-likeness (QED) is 0.419. The first-order chi connectivity index (χ1) is 22.4. The number of aryl methyl sites for hydroxylation is 1. The average Bonchev–Trinajstić information content (AvgIpc) is 3.70. The zero-order valence-corrected chi connectivity index (χ0v) is 26.9. The van der Waals surface area contributed by atoms with Crippen LogP contribution in [-0.4, -0.2) is 95.3 Å². The lowest BCUT2D eigenvalue weighted by atomic mass is 9.99. The Bertz CT molecular complexity index is 1700. The third kappa shape index (κ3) is 5.90. The van der Waals surface area contributed by atoms with Crippen LogP contribution in [0.1, 0.15) is 48.9 Å². The van der Waals surface area contributed by atoms with Gasteiger partial charge in [0.15, 0.2) is 0 Å².